The van der Waals surface area contributed by atoms with E-state index in [0.717, 1.165) is 33.4 Å². The molecular weight excluding hydrogens is 328 g/mol. The van der Waals surface area contributed by atoms with Crippen molar-refractivity contribution in [3.63, 3.8) is 0 Å². The van der Waals surface area contributed by atoms with Gasteiger partial charge in [-0.2, -0.15) is 0 Å². The Balaban J connectivity index is 1.84. The summed E-state index contributed by atoms with van der Waals surface area (Å²) < 4.78 is 5.26. The molecule has 0 radical (unpaired) electrons. The van der Waals surface area contributed by atoms with Gasteiger partial charge in [-0.3, -0.25) is 0 Å². The zero-order chi connectivity index (χ0) is 18.1. The number of hydrogen-bond acceptors (Lipinski definition) is 4. The van der Waals surface area contributed by atoms with Gasteiger partial charge < -0.3 is 20.3 Å². The summed E-state index contributed by atoms with van der Waals surface area (Å²) in [5.74, 6) is -0.00328. The van der Waals surface area contributed by atoms with Crippen molar-refractivity contribution in [2.75, 3.05) is 0 Å². The van der Waals surface area contributed by atoms with Crippen molar-refractivity contribution in [1.29, 1.82) is 0 Å². The smallest absolute Gasteiger partial charge is 0.188 e. The molecule has 0 aliphatic carbocycles. The zero-order valence-corrected chi connectivity index (χ0v) is 14.2. The van der Waals surface area contributed by atoms with Gasteiger partial charge in [-0.1, -0.05) is 23.4 Å². The van der Waals surface area contributed by atoms with Crippen molar-refractivity contribution < 1.29 is 9.62 Å². The zero-order valence-electron chi connectivity index (χ0n) is 14.2. The minimum Gasteiger partial charge on any atom is -0.472 e. The van der Waals surface area contributed by atoms with Crippen molar-refractivity contribution in [1.82, 2.24) is 9.97 Å². The summed E-state index contributed by atoms with van der Waals surface area (Å²) in [6.07, 6.45) is 3.99. The van der Waals surface area contributed by atoms with Crippen LogP contribution in [0.25, 0.3) is 22.2 Å². The molecule has 0 spiro atoms. The van der Waals surface area contributed by atoms with Gasteiger partial charge in [0, 0.05) is 28.6 Å². The summed E-state index contributed by atoms with van der Waals surface area (Å²) in [4.78, 5) is 8.01. The number of rotatable bonds is 4. The van der Waals surface area contributed by atoms with Crippen molar-refractivity contribution in [3.05, 3.63) is 77.5 Å². The minimum atomic E-state index is -0.00328. The fraction of sp³-hybridized carbons (Fsp3) is 0.100. The molecule has 1 aromatic carbocycles. The number of H-pyrrole nitrogens is 1. The molecule has 130 valence electrons. The average molecular weight is 346 g/mol. The molecule has 4 aromatic rings. The van der Waals surface area contributed by atoms with E-state index in [4.69, 9.17) is 15.4 Å². The third-order valence-electron chi connectivity index (χ3n) is 4.41. The molecule has 6 heteroatoms. The molecule has 0 saturated carbocycles. The van der Waals surface area contributed by atoms with Crippen LogP contribution in [0.5, 0.6) is 0 Å². The fourth-order valence-corrected chi connectivity index (χ4v) is 3.16. The number of aromatic nitrogens is 2. The first-order valence-electron chi connectivity index (χ1n) is 8.23. The molecule has 3 aromatic heterocycles. The lowest BCUT2D eigenvalue weighted by Gasteiger charge is -2.06. The first kappa shape index (κ1) is 16.0. The van der Waals surface area contributed by atoms with Gasteiger partial charge in [0.05, 0.1) is 18.2 Å². The van der Waals surface area contributed by atoms with Gasteiger partial charge in [0.25, 0.3) is 0 Å². The highest BCUT2D eigenvalue weighted by molar-refractivity contribution is 5.95. The molecule has 4 rings (SSSR count). The van der Waals surface area contributed by atoms with Gasteiger partial charge in [-0.05, 0) is 42.3 Å². The van der Waals surface area contributed by atoms with E-state index in [9.17, 15) is 0 Å². The quantitative estimate of drug-likeness (QED) is 0.226. The Hall–Kier alpha value is -3.54. The summed E-state index contributed by atoms with van der Waals surface area (Å²) >= 11 is 0. The maximum Gasteiger partial charge on any atom is 0.188 e. The third-order valence-corrected chi connectivity index (χ3v) is 4.41. The number of fused-ring (bicyclic) bond motifs is 1. The SMILES string of the molecule is Cc1ccc2c(Cc3cccc(C(N)=NO)n3)c(-c3ccoc3)[nH]c2c1. The van der Waals surface area contributed by atoms with E-state index < -0.39 is 0 Å². The van der Waals surface area contributed by atoms with Gasteiger partial charge >= 0.3 is 0 Å². The Morgan fingerprint density at radius 3 is 2.92 bits per heavy atom. The van der Waals surface area contributed by atoms with Crippen LogP contribution < -0.4 is 5.73 Å². The van der Waals surface area contributed by atoms with Gasteiger partial charge in [-0.15, -0.1) is 0 Å². The summed E-state index contributed by atoms with van der Waals surface area (Å²) in [6.45, 7) is 2.07. The number of nitrogens with two attached hydrogens (primary N) is 1. The molecule has 0 atom stereocenters. The molecule has 4 N–H and O–H groups in total. The van der Waals surface area contributed by atoms with E-state index >= 15 is 0 Å². The van der Waals surface area contributed by atoms with E-state index in [1.807, 2.05) is 18.2 Å². The molecule has 6 nitrogen and oxygen atoms in total. The van der Waals surface area contributed by atoms with Crippen molar-refractivity contribution >= 4 is 16.7 Å². The van der Waals surface area contributed by atoms with Gasteiger partial charge in [0.15, 0.2) is 5.84 Å². The van der Waals surface area contributed by atoms with Crippen LogP contribution in [0.4, 0.5) is 0 Å². The molecule has 0 bridgehead atoms. The second-order valence-corrected chi connectivity index (χ2v) is 6.22. The Morgan fingerprint density at radius 2 is 2.15 bits per heavy atom. The number of nitrogens with one attached hydrogen (secondary N) is 1. The molecule has 26 heavy (non-hydrogen) atoms. The molecule has 0 aliphatic heterocycles. The van der Waals surface area contributed by atoms with Crippen molar-refractivity contribution in [3.8, 4) is 11.3 Å². The maximum absolute atomic E-state index is 8.88. The first-order valence-corrected chi connectivity index (χ1v) is 8.23. The van der Waals surface area contributed by atoms with Crippen LogP contribution in [-0.2, 0) is 6.42 Å². The molecule has 3 heterocycles. The summed E-state index contributed by atoms with van der Waals surface area (Å²) in [5.41, 5.74) is 12.3. The lowest BCUT2D eigenvalue weighted by Crippen LogP contribution is -2.15. The van der Waals surface area contributed by atoms with E-state index in [1.165, 1.54) is 5.56 Å². The molecule has 0 saturated heterocycles. The summed E-state index contributed by atoms with van der Waals surface area (Å²) in [7, 11) is 0. The first-order chi connectivity index (χ1) is 12.7. The molecule has 0 amide bonds. The van der Waals surface area contributed by atoms with Crippen LogP contribution in [0.1, 0.15) is 22.5 Å². The highest BCUT2D eigenvalue weighted by Crippen LogP contribution is 2.32. The largest absolute Gasteiger partial charge is 0.472 e. The maximum atomic E-state index is 8.88. The predicted molar refractivity (Wildman–Crippen MR) is 100 cm³/mol. The van der Waals surface area contributed by atoms with E-state index in [-0.39, 0.29) is 5.84 Å². The Morgan fingerprint density at radius 1 is 1.27 bits per heavy atom. The number of amidine groups is 1. The number of pyridine rings is 1. The van der Waals surface area contributed by atoms with Crippen LogP contribution in [0.2, 0.25) is 0 Å². The van der Waals surface area contributed by atoms with Gasteiger partial charge in [0.2, 0.25) is 0 Å². The second-order valence-electron chi connectivity index (χ2n) is 6.22. The average Bonchev–Trinajstić information content (AvgIpc) is 3.29. The van der Waals surface area contributed by atoms with Crippen LogP contribution in [0, 0.1) is 6.92 Å². The lowest BCUT2D eigenvalue weighted by molar-refractivity contribution is 0.318. The highest BCUT2D eigenvalue weighted by Gasteiger charge is 2.15. The second kappa shape index (κ2) is 6.40. The van der Waals surface area contributed by atoms with Crippen LogP contribution >= 0.6 is 0 Å². The van der Waals surface area contributed by atoms with E-state index in [2.05, 4.69) is 40.2 Å². The summed E-state index contributed by atoms with van der Waals surface area (Å²) in [6, 6.07) is 13.8. The van der Waals surface area contributed by atoms with Crippen LogP contribution in [0.15, 0.2) is 64.6 Å². The Labute approximate surface area is 150 Å². The fourth-order valence-electron chi connectivity index (χ4n) is 3.16. The number of furan rings is 1. The number of benzene rings is 1. The monoisotopic (exact) mass is 346 g/mol. The molecule has 0 aliphatic rings. The minimum absolute atomic E-state index is 0.00328. The van der Waals surface area contributed by atoms with E-state index in [1.54, 1.807) is 18.6 Å². The Kier molecular flexibility index (Phi) is 3.93. The van der Waals surface area contributed by atoms with Crippen molar-refractivity contribution in [2.24, 2.45) is 10.9 Å². The lowest BCUT2D eigenvalue weighted by atomic mass is 10.0. The topological polar surface area (TPSA) is 100 Å². The number of aryl methyl sites for hydroxylation is 1. The number of oxime groups is 1. The molecular formula is C20H18N4O2. The third kappa shape index (κ3) is 2.82. The predicted octanol–water partition coefficient (Wildman–Crippen LogP) is 3.82. The number of aromatic amines is 1. The van der Waals surface area contributed by atoms with Gasteiger partial charge in [-0.25, -0.2) is 4.98 Å². The standard InChI is InChI=1S/C20H18N4O2/c1-12-5-6-15-16(10-14-3-2-4-17(22-14)20(21)24-25)19(23-18(15)9-12)13-7-8-26-11-13/h2-9,11,23,25H,10H2,1H3,(H2,21,24). The van der Waals surface area contributed by atoms with E-state index in [0.29, 0.717) is 12.1 Å². The molecule has 0 unspecified atom stereocenters. The number of hydrogen-bond donors (Lipinski definition) is 3. The number of nitrogens with zero attached hydrogens (tertiary/aromatic N) is 2. The Bertz CT molecular complexity index is 1090. The van der Waals surface area contributed by atoms with Gasteiger partial charge in [0.1, 0.15) is 5.69 Å². The normalized spacial score (nSPS) is 12.0. The highest BCUT2D eigenvalue weighted by atomic mass is 16.4. The summed E-state index contributed by atoms with van der Waals surface area (Å²) in [5, 5.41) is 13.0. The van der Waals surface area contributed by atoms with Crippen LogP contribution in [-0.4, -0.2) is 21.0 Å². The molecule has 0 fully saturated rings. The van der Waals surface area contributed by atoms with Crippen molar-refractivity contribution in [2.45, 2.75) is 13.3 Å². The van der Waals surface area contributed by atoms with Crippen LogP contribution in [0.3, 0.4) is 0 Å².